The molecule has 0 heterocycles. The van der Waals surface area contributed by atoms with Crippen molar-refractivity contribution in [2.75, 3.05) is 40.1 Å². The van der Waals surface area contributed by atoms with Gasteiger partial charge in [-0.3, -0.25) is 4.79 Å². The van der Waals surface area contributed by atoms with Gasteiger partial charge in [-0.2, -0.15) is 0 Å². The highest BCUT2D eigenvalue weighted by Crippen LogP contribution is 2.10. The molecule has 0 bridgehead atoms. The lowest BCUT2D eigenvalue weighted by atomic mass is 10.2. The van der Waals surface area contributed by atoms with Crippen LogP contribution < -0.4 is 10.1 Å². The number of hydrogen-bond donors (Lipinski definition) is 1. The normalized spacial score (nSPS) is 9.64. The summed E-state index contributed by atoms with van der Waals surface area (Å²) in [7, 11) is 1.59. The molecule has 1 amide bonds. The summed E-state index contributed by atoms with van der Waals surface area (Å²) in [6, 6.07) is 7.92. The van der Waals surface area contributed by atoms with Gasteiger partial charge in [0, 0.05) is 20.3 Å². The molecule has 1 N–H and O–H groups in total. The molecular formula is C17H29NO4. The van der Waals surface area contributed by atoms with Crippen LogP contribution in [0.5, 0.6) is 5.75 Å². The second kappa shape index (κ2) is 14.4. The molecule has 0 atom stereocenters. The summed E-state index contributed by atoms with van der Waals surface area (Å²) in [4.78, 5) is 10.9. The third kappa shape index (κ3) is 11.1. The summed E-state index contributed by atoms with van der Waals surface area (Å²) in [6.07, 6.45) is 0.765. The van der Waals surface area contributed by atoms with Crippen molar-refractivity contribution in [2.45, 2.75) is 27.2 Å². The van der Waals surface area contributed by atoms with Crippen LogP contribution in [0, 0.1) is 6.92 Å². The zero-order valence-electron chi connectivity index (χ0n) is 14.2. The van der Waals surface area contributed by atoms with E-state index < -0.39 is 0 Å². The van der Waals surface area contributed by atoms with E-state index in [1.165, 1.54) is 5.56 Å². The first-order valence-electron chi connectivity index (χ1n) is 7.78. The fourth-order valence-corrected chi connectivity index (χ4v) is 1.46. The van der Waals surface area contributed by atoms with E-state index >= 15 is 0 Å². The molecule has 1 rings (SSSR count). The number of aryl methyl sites for hydroxylation is 1. The largest absolute Gasteiger partial charge is 0.491 e. The van der Waals surface area contributed by atoms with Gasteiger partial charge in [0.25, 0.3) is 0 Å². The minimum atomic E-state index is -0.114. The Labute approximate surface area is 134 Å². The molecule has 0 saturated heterocycles. The summed E-state index contributed by atoms with van der Waals surface area (Å²) < 4.78 is 16.1. The fraction of sp³-hybridized carbons (Fsp3) is 0.588. The van der Waals surface area contributed by atoms with Crippen molar-refractivity contribution in [1.29, 1.82) is 0 Å². The summed E-state index contributed by atoms with van der Waals surface area (Å²) in [5, 5.41) is 2.49. The van der Waals surface area contributed by atoms with Gasteiger partial charge in [0.15, 0.2) is 0 Å². The molecule has 0 saturated carbocycles. The number of likely N-dealkylation sites (N-methyl/N-ethyl adjacent to an activating group) is 1. The Morgan fingerprint density at radius 1 is 1.00 bits per heavy atom. The van der Waals surface area contributed by atoms with Crippen molar-refractivity contribution in [3.8, 4) is 5.75 Å². The lowest BCUT2D eigenvalue weighted by Gasteiger charge is -2.07. The predicted molar refractivity (Wildman–Crippen MR) is 88.3 cm³/mol. The van der Waals surface area contributed by atoms with Crippen molar-refractivity contribution in [2.24, 2.45) is 0 Å². The molecule has 22 heavy (non-hydrogen) atoms. The molecular weight excluding hydrogens is 282 g/mol. The lowest BCUT2D eigenvalue weighted by Crippen LogP contribution is -2.23. The van der Waals surface area contributed by atoms with Gasteiger partial charge in [-0.1, -0.05) is 31.5 Å². The van der Waals surface area contributed by atoms with Gasteiger partial charge in [-0.25, -0.2) is 0 Å². The zero-order chi connectivity index (χ0) is 16.6. The van der Waals surface area contributed by atoms with Gasteiger partial charge in [0.05, 0.1) is 6.61 Å². The SMILES string of the molecule is CC.CNC(=O)COCCCOCCOc1ccc(C)cc1. The molecule has 5 nitrogen and oxygen atoms in total. The number of carbonyl (C=O) groups excluding carboxylic acids is 1. The third-order valence-electron chi connectivity index (χ3n) is 2.61. The van der Waals surface area contributed by atoms with Crippen LogP contribution in [0.1, 0.15) is 25.8 Å². The Kier molecular flexibility index (Phi) is 13.3. The molecule has 0 aromatic heterocycles. The molecule has 0 radical (unpaired) electrons. The number of carbonyl (C=O) groups is 1. The number of ether oxygens (including phenoxy) is 3. The Hall–Kier alpha value is -1.59. The Morgan fingerprint density at radius 3 is 2.27 bits per heavy atom. The van der Waals surface area contributed by atoms with Crippen LogP contribution in [0.25, 0.3) is 0 Å². The molecule has 1 aromatic rings. The van der Waals surface area contributed by atoms with Gasteiger partial charge in [-0.05, 0) is 25.5 Å². The maximum absolute atomic E-state index is 10.9. The van der Waals surface area contributed by atoms with Crippen LogP contribution >= 0.6 is 0 Å². The third-order valence-corrected chi connectivity index (χ3v) is 2.61. The number of nitrogens with one attached hydrogen (secondary N) is 1. The van der Waals surface area contributed by atoms with E-state index in [1.54, 1.807) is 7.05 Å². The average Bonchev–Trinajstić information content (AvgIpc) is 2.56. The quantitative estimate of drug-likeness (QED) is 0.675. The highest BCUT2D eigenvalue weighted by molar-refractivity contribution is 5.76. The molecule has 0 aliphatic rings. The van der Waals surface area contributed by atoms with Crippen LogP contribution in [0.15, 0.2) is 24.3 Å². The fourth-order valence-electron chi connectivity index (χ4n) is 1.46. The summed E-state index contributed by atoms with van der Waals surface area (Å²) in [6.45, 7) is 8.34. The predicted octanol–water partition coefficient (Wildman–Crippen LogP) is 2.57. The second-order valence-electron chi connectivity index (χ2n) is 4.35. The van der Waals surface area contributed by atoms with E-state index in [2.05, 4.69) is 5.32 Å². The number of rotatable bonds is 10. The molecule has 0 spiro atoms. The van der Waals surface area contributed by atoms with Crippen LogP contribution in [0.2, 0.25) is 0 Å². The van der Waals surface area contributed by atoms with E-state index in [-0.39, 0.29) is 12.5 Å². The Morgan fingerprint density at radius 2 is 1.64 bits per heavy atom. The van der Waals surface area contributed by atoms with Crippen LogP contribution in [0.4, 0.5) is 0 Å². The number of amides is 1. The first-order chi connectivity index (χ1) is 10.7. The molecule has 0 fully saturated rings. The topological polar surface area (TPSA) is 56.8 Å². The molecule has 126 valence electrons. The van der Waals surface area contributed by atoms with Gasteiger partial charge in [0.2, 0.25) is 5.91 Å². The number of benzene rings is 1. The first-order valence-corrected chi connectivity index (χ1v) is 7.78. The second-order valence-corrected chi connectivity index (χ2v) is 4.35. The van der Waals surface area contributed by atoms with Gasteiger partial charge >= 0.3 is 0 Å². The maximum Gasteiger partial charge on any atom is 0.245 e. The highest BCUT2D eigenvalue weighted by Gasteiger charge is 1.97. The average molecular weight is 311 g/mol. The zero-order valence-corrected chi connectivity index (χ0v) is 14.2. The van der Waals surface area contributed by atoms with Crippen LogP contribution in [0.3, 0.4) is 0 Å². The first kappa shape index (κ1) is 20.4. The maximum atomic E-state index is 10.9. The standard InChI is InChI=1S/C15H23NO4.C2H6/c1-13-4-6-14(7-5-13)20-11-10-18-8-3-9-19-12-15(17)16-2;1-2/h4-7H,3,8-12H2,1-2H3,(H,16,17);1-2H3. The molecule has 0 unspecified atom stereocenters. The number of hydrogen-bond acceptors (Lipinski definition) is 4. The molecule has 0 aliphatic carbocycles. The van der Waals surface area contributed by atoms with Crippen molar-refractivity contribution >= 4 is 5.91 Å². The van der Waals surface area contributed by atoms with Gasteiger partial charge in [-0.15, -0.1) is 0 Å². The summed E-state index contributed by atoms with van der Waals surface area (Å²) in [5.74, 6) is 0.741. The van der Waals surface area contributed by atoms with Crippen molar-refractivity contribution in [3.05, 3.63) is 29.8 Å². The van der Waals surface area contributed by atoms with Crippen molar-refractivity contribution < 1.29 is 19.0 Å². The monoisotopic (exact) mass is 311 g/mol. The van der Waals surface area contributed by atoms with Crippen LogP contribution in [-0.4, -0.2) is 46.0 Å². The summed E-state index contributed by atoms with van der Waals surface area (Å²) >= 11 is 0. The molecule has 5 heteroatoms. The van der Waals surface area contributed by atoms with Crippen molar-refractivity contribution in [3.63, 3.8) is 0 Å². The molecule has 0 aliphatic heterocycles. The highest BCUT2D eigenvalue weighted by atomic mass is 16.5. The Bertz CT molecular complexity index is 379. The smallest absolute Gasteiger partial charge is 0.245 e. The van der Waals surface area contributed by atoms with E-state index in [9.17, 15) is 4.79 Å². The van der Waals surface area contributed by atoms with Gasteiger partial charge in [0.1, 0.15) is 19.0 Å². The van der Waals surface area contributed by atoms with E-state index in [0.717, 1.165) is 12.2 Å². The van der Waals surface area contributed by atoms with Crippen molar-refractivity contribution in [1.82, 2.24) is 5.32 Å². The molecule has 1 aromatic carbocycles. The van der Waals surface area contributed by atoms with Gasteiger partial charge < -0.3 is 19.5 Å². The minimum Gasteiger partial charge on any atom is -0.491 e. The lowest BCUT2D eigenvalue weighted by molar-refractivity contribution is -0.125. The summed E-state index contributed by atoms with van der Waals surface area (Å²) in [5.41, 5.74) is 1.21. The van der Waals surface area contributed by atoms with E-state index in [4.69, 9.17) is 14.2 Å². The van der Waals surface area contributed by atoms with E-state index in [0.29, 0.717) is 26.4 Å². The van der Waals surface area contributed by atoms with E-state index in [1.807, 2.05) is 45.0 Å². The van der Waals surface area contributed by atoms with Crippen LogP contribution in [-0.2, 0) is 14.3 Å². The Balaban J connectivity index is 0.00000211. The minimum absolute atomic E-state index is 0.104.